The van der Waals surface area contributed by atoms with Crippen LogP contribution in [0.1, 0.15) is 70.4 Å². The first kappa shape index (κ1) is 25.5. The highest BCUT2D eigenvalue weighted by atomic mass is 28.3. The average Bonchev–Trinajstić information content (AvgIpc) is 2.69. The molecule has 1 unspecified atom stereocenters. The lowest BCUT2D eigenvalue weighted by Crippen LogP contribution is -2.32. The number of unbranched alkanes of at least 4 members (excludes halogenated alkanes) is 3. The molecule has 0 saturated carbocycles. The van der Waals surface area contributed by atoms with Gasteiger partial charge < -0.3 is 9.64 Å². The van der Waals surface area contributed by atoms with E-state index < -0.39 is 8.07 Å². The van der Waals surface area contributed by atoms with Crippen LogP contribution >= 0.6 is 0 Å². The molecule has 0 aromatic heterocycles. The minimum absolute atomic E-state index is 0.265. The molecule has 0 radical (unpaired) electrons. The summed E-state index contributed by atoms with van der Waals surface area (Å²) < 4.78 is 5.34. The number of hydrogen-bond acceptors (Lipinski definition) is 2. The fraction of sp³-hybridized carbons (Fsp3) is 0.640. The Morgan fingerprint density at radius 1 is 1.03 bits per heavy atom. The van der Waals surface area contributed by atoms with E-state index >= 15 is 0 Å². The van der Waals surface area contributed by atoms with E-state index in [0.29, 0.717) is 12.0 Å². The summed E-state index contributed by atoms with van der Waals surface area (Å²) in [5, 5.41) is 0. The Labute approximate surface area is 180 Å². The standard InChI is InChI=1S/C25H43NO2Si/c1-8-11-12-13-14-21(20-25(27)26(9-2)10-3)19-24(29(5,6)7)22-15-17-23(28-4)18-16-22/h15-19,24H,8-14,20H2,1-7H3/b21-19-. The third-order valence-corrected chi connectivity index (χ3v) is 8.02. The number of hydrogen-bond donors (Lipinski definition) is 0. The van der Waals surface area contributed by atoms with Crippen LogP contribution in [0.2, 0.25) is 19.6 Å². The van der Waals surface area contributed by atoms with Crippen LogP contribution in [-0.2, 0) is 4.79 Å². The molecule has 4 heteroatoms. The molecular weight excluding hydrogens is 374 g/mol. The Balaban J connectivity index is 3.17. The van der Waals surface area contributed by atoms with Gasteiger partial charge in [0.05, 0.1) is 15.2 Å². The van der Waals surface area contributed by atoms with Crippen molar-refractivity contribution in [1.82, 2.24) is 4.90 Å². The number of rotatable bonds is 13. The fourth-order valence-corrected chi connectivity index (χ4v) is 5.71. The maximum atomic E-state index is 12.8. The SMILES string of the molecule is CCCCCC/C(=C/C(c1ccc(OC)cc1)[Si](C)(C)C)CC(=O)N(CC)CC. The number of nitrogens with zero attached hydrogens (tertiary/aromatic N) is 1. The first-order valence-electron chi connectivity index (χ1n) is 11.4. The highest BCUT2D eigenvalue weighted by Gasteiger charge is 2.27. The van der Waals surface area contributed by atoms with Gasteiger partial charge in [0.2, 0.25) is 5.91 Å². The van der Waals surface area contributed by atoms with Crippen molar-refractivity contribution >= 4 is 14.0 Å². The normalized spacial score (nSPS) is 13.3. The molecule has 29 heavy (non-hydrogen) atoms. The minimum atomic E-state index is -1.51. The third kappa shape index (κ3) is 8.77. The quantitative estimate of drug-likeness (QED) is 0.200. The zero-order valence-corrected chi connectivity index (χ0v) is 20.9. The predicted molar refractivity (Wildman–Crippen MR) is 128 cm³/mol. The molecular formula is C25H43NO2Si. The van der Waals surface area contributed by atoms with E-state index in [1.54, 1.807) is 7.11 Å². The summed E-state index contributed by atoms with van der Waals surface area (Å²) in [6, 6.07) is 8.49. The van der Waals surface area contributed by atoms with Crippen LogP contribution in [-0.4, -0.2) is 39.1 Å². The van der Waals surface area contributed by atoms with Gasteiger partial charge in [0.1, 0.15) is 5.75 Å². The molecule has 0 aliphatic heterocycles. The molecule has 1 atom stereocenters. The number of ether oxygens (including phenoxy) is 1. The van der Waals surface area contributed by atoms with Gasteiger partial charge in [-0.1, -0.05) is 69.6 Å². The number of carbonyl (C=O) groups is 1. The monoisotopic (exact) mass is 417 g/mol. The van der Waals surface area contributed by atoms with E-state index in [4.69, 9.17) is 4.74 Å². The van der Waals surface area contributed by atoms with Crippen LogP contribution in [0.5, 0.6) is 5.75 Å². The number of carbonyl (C=O) groups excluding carboxylic acids is 1. The van der Waals surface area contributed by atoms with Crippen LogP contribution in [0, 0.1) is 0 Å². The summed E-state index contributed by atoms with van der Waals surface area (Å²) in [7, 11) is 0.197. The molecule has 1 aromatic carbocycles. The van der Waals surface area contributed by atoms with Crippen LogP contribution in [0.3, 0.4) is 0 Å². The van der Waals surface area contributed by atoms with Crippen molar-refractivity contribution < 1.29 is 9.53 Å². The second kappa shape index (κ2) is 12.9. The number of allylic oxidation sites excluding steroid dienone is 1. The molecule has 164 valence electrons. The largest absolute Gasteiger partial charge is 0.497 e. The summed E-state index contributed by atoms with van der Waals surface area (Å²) in [5.74, 6) is 1.16. The second-order valence-electron chi connectivity index (χ2n) is 9.00. The van der Waals surface area contributed by atoms with Gasteiger partial charge in [0.15, 0.2) is 0 Å². The Bertz CT molecular complexity index is 627. The van der Waals surface area contributed by atoms with Gasteiger partial charge in [0.25, 0.3) is 0 Å². The maximum Gasteiger partial charge on any atom is 0.226 e. The number of amides is 1. The maximum absolute atomic E-state index is 12.8. The zero-order chi connectivity index (χ0) is 21.9. The van der Waals surface area contributed by atoms with Gasteiger partial charge in [0, 0.05) is 19.5 Å². The second-order valence-corrected chi connectivity index (χ2v) is 14.3. The van der Waals surface area contributed by atoms with Crippen LogP contribution < -0.4 is 4.74 Å². The molecule has 0 saturated heterocycles. The minimum Gasteiger partial charge on any atom is -0.497 e. The first-order chi connectivity index (χ1) is 13.8. The van der Waals surface area contributed by atoms with Crippen molar-refractivity contribution in [3.05, 3.63) is 41.5 Å². The molecule has 1 rings (SSSR count). The van der Waals surface area contributed by atoms with E-state index in [1.165, 1.54) is 36.8 Å². The topological polar surface area (TPSA) is 29.5 Å². The van der Waals surface area contributed by atoms with Gasteiger partial charge in [-0.15, -0.1) is 0 Å². The van der Waals surface area contributed by atoms with Crippen molar-refractivity contribution in [3.8, 4) is 5.75 Å². The van der Waals surface area contributed by atoms with Gasteiger partial charge in [-0.2, -0.15) is 0 Å². The van der Waals surface area contributed by atoms with Gasteiger partial charge in [-0.3, -0.25) is 4.79 Å². The Kier molecular flexibility index (Phi) is 11.3. The predicted octanol–water partition coefficient (Wildman–Crippen LogP) is 6.81. The van der Waals surface area contributed by atoms with E-state index in [1.807, 2.05) is 4.90 Å². The van der Waals surface area contributed by atoms with Gasteiger partial charge in [-0.05, 0) is 49.9 Å². The summed E-state index contributed by atoms with van der Waals surface area (Å²) in [6.07, 6.45) is 8.96. The Morgan fingerprint density at radius 2 is 1.66 bits per heavy atom. The van der Waals surface area contributed by atoms with Crippen molar-refractivity contribution in [2.24, 2.45) is 0 Å². The summed E-state index contributed by atoms with van der Waals surface area (Å²) in [6.45, 7) is 15.2. The highest BCUT2D eigenvalue weighted by molar-refractivity contribution is 6.78. The number of methoxy groups -OCH3 is 1. The van der Waals surface area contributed by atoms with E-state index in [-0.39, 0.29) is 5.91 Å². The molecule has 0 aliphatic rings. The summed E-state index contributed by atoms with van der Waals surface area (Å²) in [4.78, 5) is 14.8. The van der Waals surface area contributed by atoms with E-state index in [9.17, 15) is 4.79 Å². The lowest BCUT2D eigenvalue weighted by molar-refractivity contribution is -0.130. The Hall–Kier alpha value is -1.55. The van der Waals surface area contributed by atoms with Gasteiger partial charge in [-0.25, -0.2) is 0 Å². The van der Waals surface area contributed by atoms with Crippen LogP contribution in [0.25, 0.3) is 0 Å². The average molecular weight is 418 g/mol. The highest BCUT2D eigenvalue weighted by Crippen LogP contribution is 2.32. The van der Waals surface area contributed by atoms with Crippen molar-refractivity contribution in [2.75, 3.05) is 20.2 Å². The van der Waals surface area contributed by atoms with E-state index in [0.717, 1.165) is 25.3 Å². The molecule has 3 nitrogen and oxygen atoms in total. The summed E-state index contributed by atoms with van der Waals surface area (Å²) in [5.41, 5.74) is 3.06. The lowest BCUT2D eigenvalue weighted by atomic mass is 10.00. The molecule has 0 bridgehead atoms. The van der Waals surface area contributed by atoms with Crippen LogP contribution in [0.4, 0.5) is 0 Å². The summed E-state index contributed by atoms with van der Waals surface area (Å²) >= 11 is 0. The molecule has 1 amide bonds. The van der Waals surface area contributed by atoms with E-state index in [2.05, 4.69) is 70.8 Å². The smallest absolute Gasteiger partial charge is 0.226 e. The zero-order valence-electron chi connectivity index (χ0n) is 19.9. The first-order valence-corrected chi connectivity index (χ1v) is 15.0. The fourth-order valence-electron chi connectivity index (χ4n) is 3.79. The molecule has 0 aliphatic carbocycles. The number of benzene rings is 1. The molecule has 0 heterocycles. The molecule has 0 N–H and O–H groups in total. The van der Waals surface area contributed by atoms with Gasteiger partial charge >= 0.3 is 0 Å². The Morgan fingerprint density at radius 3 is 2.14 bits per heavy atom. The molecule has 0 spiro atoms. The third-order valence-electron chi connectivity index (χ3n) is 5.66. The van der Waals surface area contributed by atoms with Crippen LogP contribution in [0.15, 0.2) is 35.9 Å². The molecule has 0 fully saturated rings. The van der Waals surface area contributed by atoms with Crippen molar-refractivity contribution in [3.63, 3.8) is 0 Å². The lowest BCUT2D eigenvalue weighted by Gasteiger charge is -2.28. The van der Waals surface area contributed by atoms with Crippen molar-refractivity contribution in [1.29, 1.82) is 0 Å². The molecule has 1 aromatic rings. The van der Waals surface area contributed by atoms with Crippen molar-refractivity contribution in [2.45, 2.75) is 84.5 Å².